The zero-order chi connectivity index (χ0) is 21.1. The molecular weight excluding hydrogens is 400 g/mol. The van der Waals surface area contributed by atoms with E-state index in [1.54, 1.807) is 4.68 Å². The molecule has 0 unspecified atom stereocenters. The fourth-order valence-electron chi connectivity index (χ4n) is 3.75. The highest BCUT2D eigenvalue weighted by Gasteiger charge is 2.22. The van der Waals surface area contributed by atoms with Crippen LogP contribution in [0, 0.1) is 13.8 Å². The van der Waals surface area contributed by atoms with E-state index in [-0.39, 0.29) is 5.91 Å². The first kappa shape index (κ1) is 20.3. The summed E-state index contributed by atoms with van der Waals surface area (Å²) >= 11 is 6.02. The third-order valence-electron chi connectivity index (χ3n) is 5.34. The molecule has 1 aromatic carbocycles. The molecule has 0 spiro atoms. The summed E-state index contributed by atoms with van der Waals surface area (Å²) in [6.45, 7) is 6.83. The van der Waals surface area contributed by atoms with Crippen molar-refractivity contribution < 1.29 is 4.79 Å². The summed E-state index contributed by atoms with van der Waals surface area (Å²) in [7, 11) is 0. The Hall–Kier alpha value is -2.93. The second kappa shape index (κ2) is 8.83. The van der Waals surface area contributed by atoms with Crippen molar-refractivity contribution in [3.63, 3.8) is 0 Å². The lowest BCUT2D eigenvalue weighted by Gasteiger charge is -2.35. The molecule has 0 N–H and O–H groups in total. The molecule has 156 valence electrons. The predicted molar refractivity (Wildman–Crippen MR) is 117 cm³/mol. The van der Waals surface area contributed by atoms with Crippen LogP contribution in [0.3, 0.4) is 0 Å². The van der Waals surface area contributed by atoms with E-state index in [9.17, 15) is 4.79 Å². The molecule has 0 aliphatic carbocycles. The molecule has 8 heteroatoms. The van der Waals surface area contributed by atoms with Crippen LogP contribution in [0.1, 0.15) is 23.4 Å². The molecule has 1 aliphatic rings. The van der Waals surface area contributed by atoms with Gasteiger partial charge in [-0.15, -0.1) is 10.2 Å². The lowest BCUT2D eigenvalue weighted by Crippen LogP contribution is -2.49. The Morgan fingerprint density at radius 3 is 2.37 bits per heavy atom. The number of anilines is 1. The van der Waals surface area contributed by atoms with Crippen LogP contribution in [0.4, 0.5) is 5.82 Å². The van der Waals surface area contributed by atoms with E-state index < -0.39 is 0 Å². The summed E-state index contributed by atoms with van der Waals surface area (Å²) in [5.41, 5.74) is 3.07. The minimum absolute atomic E-state index is 0.181. The van der Waals surface area contributed by atoms with Crippen LogP contribution in [0.2, 0.25) is 5.02 Å². The molecule has 3 aromatic rings. The highest BCUT2D eigenvalue weighted by Crippen LogP contribution is 2.17. The van der Waals surface area contributed by atoms with Gasteiger partial charge in [0.05, 0.1) is 5.69 Å². The topological polar surface area (TPSA) is 67.2 Å². The molecule has 1 amide bonds. The van der Waals surface area contributed by atoms with Gasteiger partial charge < -0.3 is 9.80 Å². The van der Waals surface area contributed by atoms with Gasteiger partial charge in [-0.05, 0) is 56.2 Å². The average Bonchev–Trinajstić information content (AvgIpc) is 3.10. The molecule has 0 bridgehead atoms. The fourth-order valence-corrected chi connectivity index (χ4v) is 3.96. The molecule has 1 saturated heterocycles. The van der Waals surface area contributed by atoms with E-state index in [2.05, 4.69) is 20.2 Å². The molecule has 4 rings (SSSR count). The number of aromatic nitrogens is 4. The lowest BCUT2D eigenvalue weighted by atomic mass is 10.1. The maximum absolute atomic E-state index is 12.6. The van der Waals surface area contributed by atoms with Crippen LogP contribution in [0.5, 0.6) is 0 Å². The van der Waals surface area contributed by atoms with E-state index in [1.165, 1.54) is 0 Å². The molecule has 7 nitrogen and oxygen atoms in total. The van der Waals surface area contributed by atoms with E-state index in [0.717, 1.165) is 35.9 Å². The molecule has 3 heterocycles. The second-order valence-electron chi connectivity index (χ2n) is 7.59. The molecule has 2 aromatic heterocycles. The van der Waals surface area contributed by atoms with Crippen molar-refractivity contribution in [1.82, 2.24) is 24.9 Å². The van der Waals surface area contributed by atoms with Crippen molar-refractivity contribution in [2.24, 2.45) is 0 Å². The van der Waals surface area contributed by atoms with Crippen molar-refractivity contribution >= 4 is 23.3 Å². The summed E-state index contributed by atoms with van der Waals surface area (Å²) in [4.78, 5) is 16.7. The molecule has 0 atom stereocenters. The number of aryl methyl sites for hydroxylation is 3. The van der Waals surface area contributed by atoms with Gasteiger partial charge in [0.2, 0.25) is 5.91 Å². The Balaban J connectivity index is 1.30. The van der Waals surface area contributed by atoms with Gasteiger partial charge in [0.25, 0.3) is 0 Å². The number of carbonyl (C=O) groups excluding carboxylic acids is 1. The van der Waals surface area contributed by atoms with E-state index in [1.807, 2.05) is 61.2 Å². The van der Waals surface area contributed by atoms with Crippen LogP contribution in [-0.2, 0) is 11.2 Å². The Morgan fingerprint density at radius 2 is 1.73 bits per heavy atom. The minimum Gasteiger partial charge on any atom is -0.352 e. The first-order chi connectivity index (χ1) is 14.5. The van der Waals surface area contributed by atoms with E-state index in [4.69, 9.17) is 11.6 Å². The summed E-state index contributed by atoms with van der Waals surface area (Å²) < 4.78 is 1.79. The summed E-state index contributed by atoms with van der Waals surface area (Å²) in [5.74, 6) is 1.71. The van der Waals surface area contributed by atoms with Gasteiger partial charge in [-0.1, -0.05) is 23.7 Å². The molecular formula is C22H25ClN6O. The van der Waals surface area contributed by atoms with Crippen molar-refractivity contribution in [3.05, 3.63) is 64.4 Å². The Labute approximate surface area is 181 Å². The van der Waals surface area contributed by atoms with Crippen molar-refractivity contribution in [1.29, 1.82) is 0 Å². The normalized spacial score (nSPS) is 14.2. The highest BCUT2D eigenvalue weighted by atomic mass is 35.5. The van der Waals surface area contributed by atoms with Crippen molar-refractivity contribution in [2.45, 2.75) is 26.7 Å². The maximum Gasteiger partial charge on any atom is 0.223 e. The van der Waals surface area contributed by atoms with Gasteiger partial charge in [-0.25, -0.2) is 4.68 Å². The zero-order valence-electron chi connectivity index (χ0n) is 17.3. The van der Waals surface area contributed by atoms with Gasteiger partial charge in [-0.3, -0.25) is 4.79 Å². The quantitative estimate of drug-likeness (QED) is 0.629. The Bertz CT molecular complexity index is 1020. The maximum atomic E-state index is 12.6. The number of halogens is 1. The molecule has 30 heavy (non-hydrogen) atoms. The lowest BCUT2D eigenvalue weighted by molar-refractivity contribution is -0.131. The zero-order valence-corrected chi connectivity index (χ0v) is 18.0. The summed E-state index contributed by atoms with van der Waals surface area (Å²) in [5, 5.41) is 13.9. The third-order valence-corrected chi connectivity index (χ3v) is 5.57. The van der Waals surface area contributed by atoms with Gasteiger partial charge in [0.1, 0.15) is 0 Å². The number of nitrogens with zero attached hydrogens (tertiary/aromatic N) is 6. The summed E-state index contributed by atoms with van der Waals surface area (Å²) in [6, 6.07) is 13.6. The predicted octanol–water partition coefficient (Wildman–Crippen LogP) is 3.21. The average molecular weight is 425 g/mol. The standard InChI is InChI=1S/C22H25ClN6O/c1-16-14-17(2)29(26-16)21-8-7-20(24-25-21)27-10-12-28(13-11-27)22(30)9-6-18-4-3-5-19(23)15-18/h3-5,7-8,14-15H,6,9-13H2,1-2H3. The number of amides is 1. The number of rotatable bonds is 5. The fraction of sp³-hybridized carbons (Fsp3) is 0.364. The smallest absolute Gasteiger partial charge is 0.223 e. The molecule has 1 fully saturated rings. The van der Waals surface area contributed by atoms with Gasteiger partial charge >= 0.3 is 0 Å². The monoisotopic (exact) mass is 424 g/mol. The summed E-state index contributed by atoms with van der Waals surface area (Å²) in [6.07, 6.45) is 1.20. The minimum atomic E-state index is 0.181. The number of piperazine rings is 1. The van der Waals surface area contributed by atoms with Gasteiger partial charge in [0, 0.05) is 43.3 Å². The Kier molecular flexibility index (Phi) is 5.99. The van der Waals surface area contributed by atoms with Crippen LogP contribution >= 0.6 is 11.6 Å². The third kappa shape index (κ3) is 4.62. The largest absolute Gasteiger partial charge is 0.352 e. The second-order valence-corrected chi connectivity index (χ2v) is 8.02. The number of hydrogen-bond donors (Lipinski definition) is 0. The van der Waals surface area contributed by atoms with E-state index in [0.29, 0.717) is 36.8 Å². The van der Waals surface area contributed by atoms with Crippen molar-refractivity contribution in [3.8, 4) is 5.82 Å². The number of carbonyl (C=O) groups is 1. The number of hydrogen-bond acceptors (Lipinski definition) is 5. The SMILES string of the molecule is Cc1cc(C)n(-c2ccc(N3CCN(C(=O)CCc4cccc(Cl)c4)CC3)nn2)n1. The first-order valence-corrected chi connectivity index (χ1v) is 10.5. The van der Waals surface area contributed by atoms with Crippen LogP contribution in [0.15, 0.2) is 42.5 Å². The molecule has 0 saturated carbocycles. The van der Waals surface area contributed by atoms with Crippen LogP contribution in [-0.4, -0.2) is 57.0 Å². The Morgan fingerprint density at radius 1 is 1.00 bits per heavy atom. The number of benzene rings is 1. The van der Waals surface area contributed by atoms with E-state index >= 15 is 0 Å². The van der Waals surface area contributed by atoms with Gasteiger partial charge in [-0.2, -0.15) is 5.10 Å². The van der Waals surface area contributed by atoms with Gasteiger partial charge in [0.15, 0.2) is 11.6 Å². The molecule has 1 aliphatic heterocycles. The van der Waals surface area contributed by atoms with Crippen molar-refractivity contribution in [2.75, 3.05) is 31.1 Å². The highest BCUT2D eigenvalue weighted by molar-refractivity contribution is 6.30. The van der Waals surface area contributed by atoms with Crippen LogP contribution in [0.25, 0.3) is 5.82 Å². The molecule has 0 radical (unpaired) electrons. The first-order valence-electron chi connectivity index (χ1n) is 10.1. The van der Waals surface area contributed by atoms with Crippen LogP contribution < -0.4 is 4.90 Å².